The quantitative estimate of drug-likeness (QED) is 0.111. The normalized spacial score (nSPS) is 10.9. The molecular weight excluding hydrogens is 432 g/mol. The molecule has 6 heteroatoms. The van der Waals surface area contributed by atoms with Gasteiger partial charge in [-0.15, -0.1) is 0 Å². The largest absolute Gasteiger partial charge is 0.490 e. The molecule has 1 heterocycles. The number of unbranched alkanes of at least 4 members (excludes halogenated alkanes) is 6. The van der Waals surface area contributed by atoms with Crippen LogP contribution in [0.5, 0.6) is 17.2 Å². The SMILES string of the molecule is CCCCCCOc1ccc(C(=O)Oc2ccc3oc(=O)ccc3c2)cc1OCCCCCC. The maximum absolute atomic E-state index is 12.8. The number of hydrogen-bond acceptors (Lipinski definition) is 6. The summed E-state index contributed by atoms with van der Waals surface area (Å²) in [6.07, 6.45) is 8.86. The van der Waals surface area contributed by atoms with Gasteiger partial charge in [0.05, 0.1) is 18.8 Å². The van der Waals surface area contributed by atoms with Gasteiger partial charge in [-0.2, -0.15) is 0 Å². The molecule has 6 nitrogen and oxygen atoms in total. The molecule has 0 aliphatic carbocycles. The van der Waals surface area contributed by atoms with Crippen molar-refractivity contribution in [1.82, 2.24) is 0 Å². The summed E-state index contributed by atoms with van der Waals surface area (Å²) in [5.41, 5.74) is 0.389. The zero-order valence-electron chi connectivity index (χ0n) is 20.1. The van der Waals surface area contributed by atoms with Crippen LogP contribution in [-0.2, 0) is 0 Å². The number of carbonyl (C=O) groups excluding carboxylic acids is 1. The monoisotopic (exact) mass is 466 g/mol. The first-order valence-corrected chi connectivity index (χ1v) is 12.3. The molecule has 0 unspecified atom stereocenters. The maximum atomic E-state index is 12.8. The third-order valence-corrected chi connectivity index (χ3v) is 5.49. The maximum Gasteiger partial charge on any atom is 0.343 e. The van der Waals surface area contributed by atoms with Gasteiger partial charge in [0.25, 0.3) is 0 Å². The van der Waals surface area contributed by atoms with Crippen LogP contribution < -0.4 is 19.8 Å². The Labute approximate surface area is 200 Å². The molecule has 1 aromatic heterocycles. The molecule has 34 heavy (non-hydrogen) atoms. The number of carbonyl (C=O) groups is 1. The van der Waals surface area contributed by atoms with Crippen molar-refractivity contribution in [1.29, 1.82) is 0 Å². The summed E-state index contributed by atoms with van der Waals surface area (Å²) in [7, 11) is 0. The van der Waals surface area contributed by atoms with E-state index in [9.17, 15) is 9.59 Å². The summed E-state index contributed by atoms with van der Waals surface area (Å²) in [6.45, 7) is 5.54. The number of esters is 1. The molecule has 0 spiro atoms. The smallest absolute Gasteiger partial charge is 0.343 e. The standard InChI is InChI=1S/C28H34O6/c1-3-5-7-9-17-31-25-14-11-22(20-26(25)32-18-10-8-6-4-2)28(30)33-23-13-15-24-21(19-23)12-16-27(29)34-24/h11-16,19-20H,3-10,17-18H2,1-2H3. The molecule has 3 rings (SSSR count). The summed E-state index contributed by atoms with van der Waals surface area (Å²) in [6, 6.07) is 13.0. The molecule has 0 fully saturated rings. The summed E-state index contributed by atoms with van der Waals surface area (Å²) in [5, 5.41) is 0.674. The Balaban J connectivity index is 1.69. The minimum atomic E-state index is -0.498. The average Bonchev–Trinajstić information content (AvgIpc) is 2.84. The highest BCUT2D eigenvalue weighted by atomic mass is 16.5. The molecule has 0 aliphatic rings. The molecule has 0 saturated heterocycles. The number of hydrogen-bond donors (Lipinski definition) is 0. The summed E-state index contributed by atoms with van der Waals surface area (Å²) in [5.74, 6) is 1.07. The van der Waals surface area contributed by atoms with E-state index < -0.39 is 11.6 Å². The molecule has 3 aromatic rings. The molecule has 182 valence electrons. The van der Waals surface area contributed by atoms with E-state index in [1.54, 1.807) is 42.5 Å². The Kier molecular flexibility index (Phi) is 10.0. The van der Waals surface area contributed by atoms with Crippen molar-refractivity contribution in [2.45, 2.75) is 65.2 Å². The van der Waals surface area contributed by atoms with E-state index in [1.165, 1.54) is 25.3 Å². The highest BCUT2D eigenvalue weighted by molar-refractivity contribution is 5.92. The third-order valence-electron chi connectivity index (χ3n) is 5.49. The van der Waals surface area contributed by atoms with Gasteiger partial charge in [-0.1, -0.05) is 52.4 Å². The van der Waals surface area contributed by atoms with E-state index in [0.29, 0.717) is 47.0 Å². The van der Waals surface area contributed by atoms with Gasteiger partial charge in [0.2, 0.25) is 0 Å². The van der Waals surface area contributed by atoms with Gasteiger partial charge >= 0.3 is 11.6 Å². The van der Waals surface area contributed by atoms with Gasteiger partial charge in [-0.3, -0.25) is 0 Å². The van der Waals surface area contributed by atoms with Crippen molar-refractivity contribution in [2.24, 2.45) is 0 Å². The predicted octanol–water partition coefficient (Wildman–Crippen LogP) is 6.93. The lowest BCUT2D eigenvalue weighted by Gasteiger charge is -2.14. The first-order valence-electron chi connectivity index (χ1n) is 12.3. The van der Waals surface area contributed by atoms with Crippen molar-refractivity contribution in [3.63, 3.8) is 0 Å². The Bertz CT molecular complexity index is 1120. The Morgan fingerprint density at radius 2 is 1.47 bits per heavy atom. The second-order valence-corrected chi connectivity index (χ2v) is 8.32. The van der Waals surface area contributed by atoms with Crippen molar-refractivity contribution >= 4 is 16.9 Å². The van der Waals surface area contributed by atoms with Crippen LogP contribution in [0.2, 0.25) is 0 Å². The van der Waals surface area contributed by atoms with Gasteiger partial charge < -0.3 is 18.6 Å². The van der Waals surface area contributed by atoms with Crippen LogP contribution in [-0.4, -0.2) is 19.2 Å². The van der Waals surface area contributed by atoms with Crippen LogP contribution in [0.15, 0.2) is 57.7 Å². The highest BCUT2D eigenvalue weighted by Crippen LogP contribution is 2.30. The topological polar surface area (TPSA) is 75.0 Å². The summed E-state index contributed by atoms with van der Waals surface area (Å²) in [4.78, 5) is 24.2. The fourth-order valence-electron chi connectivity index (χ4n) is 3.57. The third kappa shape index (κ3) is 7.65. The van der Waals surface area contributed by atoms with Crippen molar-refractivity contribution < 1.29 is 23.4 Å². The first-order chi connectivity index (χ1) is 16.6. The van der Waals surface area contributed by atoms with Gasteiger partial charge in [-0.05, 0) is 55.3 Å². The predicted molar refractivity (Wildman–Crippen MR) is 133 cm³/mol. The van der Waals surface area contributed by atoms with Gasteiger partial charge in [-0.25, -0.2) is 9.59 Å². The second kappa shape index (κ2) is 13.4. The van der Waals surface area contributed by atoms with Crippen LogP contribution in [0.4, 0.5) is 0 Å². The summed E-state index contributed by atoms with van der Waals surface area (Å²) < 4.78 is 22.6. The molecule has 0 saturated carbocycles. The van der Waals surface area contributed by atoms with E-state index in [4.69, 9.17) is 18.6 Å². The summed E-state index contributed by atoms with van der Waals surface area (Å²) >= 11 is 0. The fraction of sp³-hybridized carbons (Fsp3) is 0.429. The molecule has 0 aliphatic heterocycles. The molecule has 2 aromatic carbocycles. The van der Waals surface area contributed by atoms with E-state index in [1.807, 2.05) is 0 Å². The number of rotatable bonds is 14. The highest BCUT2D eigenvalue weighted by Gasteiger charge is 2.15. The fourth-order valence-corrected chi connectivity index (χ4v) is 3.57. The lowest BCUT2D eigenvalue weighted by Crippen LogP contribution is -2.10. The first kappa shape index (κ1) is 25.3. The number of fused-ring (bicyclic) bond motifs is 1. The molecule has 0 N–H and O–H groups in total. The van der Waals surface area contributed by atoms with Crippen LogP contribution in [0.1, 0.15) is 75.6 Å². The van der Waals surface area contributed by atoms with Gasteiger partial charge in [0, 0.05) is 11.5 Å². The molecule has 0 amide bonds. The molecule has 0 bridgehead atoms. The van der Waals surface area contributed by atoms with Crippen LogP contribution in [0.25, 0.3) is 11.0 Å². The lowest BCUT2D eigenvalue weighted by molar-refractivity contribution is 0.0734. The molecule has 0 radical (unpaired) electrons. The van der Waals surface area contributed by atoms with Crippen molar-refractivity contribution in [3.05, 3.63) is 64.5 Å². The Hall–Kier alpha value is -3.28. The number of benzene rings is 2. The number of ether oxygens (including phenoxy) is 3. The second-order valence-electron chi connectivity index (χ2n) is 8.32. The molecular formula is C28H34O6. The van der Waals surface area contributed by atoms with Crippen LogP contribution in [0, 0.1) is 0 Å². The van der Waals surface area contributed by atoms with Gasteiger partial charge in [0.1, 0.15) is 11.3 Å². The van der Waals surface area contributed by atoms with E-state index in [2.05, 4.69) is 13.8 Å². The van der Waals surface area contributed by atoms with Crippen molar-refractivity contribution in [3.8, 4) is 17.2 Å². The Morgan fingerprint density at radius 3 is 2.18 bits per heavy atom. The minimum absolute atomic E-state index is 0.365. The zero-order chi connectivity index (χ0) is 24.2. The van der Waals surface area contributed by atoms with Crippen LogP contribution in [0.3, 0.4) is 0 Å². The van der Waals surface area contributed by atoms with Crippen LogP contribution >= 0.6 is 0 Å². The van der Waals surface area contributed by atoms with E-state index >= 15 is 0 Å². The van der Waals surface area contributed by atoms with Crippen molar-refractivity contribution in [2.75, 3.05) is 13.2 Å². The van der Waals surface area contributed by atoms with Gasteiger partial charge in [0.15, 0.2) is 11.5 Å². The molecule has 0 atom stereocenters. The lowest BCUT2D eigenvalue weighted by atomic mass is 10.2. The Morgan fingerprint density at radius 1 is 0.765 bits per heavy atom. The minimum Gasteiger partial charge on any atom is -0.490 e. The van der Waals surface area contributed by atoms with E-state index in [0.717, 1.165) is 32.1 Å². The van der Waals surface area contributed by atoms with E-state index in [-0.39, 0.29) is 0 Å². The average molecular weight is 467 g/mol. The zero-order valence-corrected chi connectivity index (χ0v) is 20.1.